The number of carbonyl (C=O) groups excluding carboxylic acids is 1. The molecule has 2 aromatic carbocycles. The highest BCUT2D eigenvalue weighted by atomic mass is 32.1. The number of fused-ring (bicyclic) bond motifs is 1. The van der Waals surface area contributed by atoms with Crippen molar-refractivity contribution in [3.63, 3.8) is 0 Å². The summed E-state index contributed by atoms with van der Waals surface area (Å²) in [5, 5.41) is 7.81. The molecule has 5 rings (SSSR count). The summed E-state index contributed by atoms with van der Waals surface area (Å²) in [6.07, 6.45) is 3.87. The number of thiophene rings is 1. The number of hydrogen-bond acceptors (Lipinski definition) is 3. The van der Waals surface area contributed by atoms with Crippen molar-refractivity contribution in [2.24, 2.45) is 0 Å². The number of rotatable bonds is 7. The number of hydrogen-bond donors (Lipinski definition) is 2. The smallest absolute Gasteiger partial charge is 0.225 e. The van der Waals surface area contributed by atoms with Crippen LogP contribution in [0.4, 0.5) is 8.78 Å². The van der Waals surface area contributed by atoms with Crippen LogP contribution in [0.5, 0.6) is 0 Å². The van der Waals surface area contributed by atoms with Crippen LogP contribution in [0.15, 0.2) is 77.8 Å². The number of carbonyl (C=O) groups is 1. The fraction of sp³-hybridized carbons (Fsp3) is 0.143. The van der Waals surface area contributed by atoms with Crippen LogP contribution < -0.4 is 5.32 Å². The van der Waals surface area contributed by atoms with E-state index in [0.29, 0.717) is 23.1 Å². The van der Waals surface area contributed by atoms with Crippen LogP contribution in [-0.4, -0.2) is 15.9 Å². The van der Waals surface area contributed by atoms with Crippen molar-refractivity contribution < 1.29 is 13.6 Å². The molecule has 35 heavy (non-hydrogen) atoms. The van der Waals surface area contributed by atoms with Crippen molar-refractivity contribution in [2.45, 2.75) is 25.8 Å². The summed E-state index contributed by atoms with van der Waals surface area (Å²) in [5.74, 6) is -0.896. The minimum absolute atomic E-state index is 0.0722. The molecule has 0 aliphatic carbocycles. The van der Waals surface area contributed by atoms with Crippen LogP contribution >= 0.6 is 11.3 Å². The van der Waals surface area contributed by atoms with Gasteiger partial charge in [-0.15, -0.1) is 0 Å². The summed E-state index contributed by atoms with van der Waals surface area (Å²) in [6.45, 7) is 1.84. The van der Waals surface area contributed by atoms with E-state index in [2.05, 4.69) is 15.3 Å². The van der Waals surface area contributed by atoms with E-state index in [1.54, 1.807) is 29.8 Å². The lowest BCUT2D eigenvalue weighted by molar-refractivity contribution is -0.121. The minimum atomic E-state index is -0.484. The molecule has 0 radical (unpaired) electrons. The third-order valence-electron chi connectivity index (χ3n) is 5.96. The second kappa shape index (κ2) is 9.80. The summed E-state index contributed by atoms with van der Waals surface area (Å²) in [5.41, 5.74) is 5.70. The largest absolute Gasteiger partial charge is 0.361 e. The van der Waals surface area contributed by atoms with E-state index >= 15 is 0 Å². The third-order valence-corrected chi connectivity index (χ3v) is 6.64. The molecular weight excluding hydrogens is 464 g/mol. The molecule has 0 saturated carbocycles. The summed E-state index contributed by atoms with van der Waals surface area (Å²) in [4.78, 5) is 20.9. The van der Waals surface area contributed by atoms with E-state index in [1.807, 2.05) is 41.9 Å². The molecule has 0 aliphatic heterocycles. The molecule has 0 spiro atoms. The highest BCUT2D eigenvalue weighted by Gasteiger charge is 2.22. The lowest BCUT2D eigenvalue weighted by Crippen LogP contribution is -2.32. The number of halogens is 2. The Balaban J connectivity index is 1.48. The van der Waals surface area contributed by atoms with Crippen molar-refractivity contribution in [3.8, 4) is 11.1 Å². The summed E-state index contributed by atoms with van der Waals surface area (Å²) in [7, 11) is 0. The Labute approximate surface area is 205 Å². The van der Waals surface area contributed by atoms with Crippen LogP contribution in [0, 0.1) is 18.6 Å². The zero-order chi connectivity index (χ0) is 24.4. The van der Waals surface area contributed by atoms with Crippen LogP contribution in [0.2, 0.25) is 0 Å². The number of amides is 1. The monoisotopic (exact) mass is 487 g/mol. The molecule has 0 aliphatic rings. The van der Waals surface area contributed by atoms with E-state index in [4.69, 9.17) is 0 Å². The molecule has 1 atom stereocenters. The number of aryl methyl sites for hydroxylation is 1. The molecule has 4 nitrogen and oxygen atoms in total. The van der Waals surface area contributed by atoms with Gasteiger partial charge in [0.05, 0.1) is 18.2 Å². The van der Waals surface area contributed by atoms with Gasteiger partial charge in [-0.2, -0.15) is 11.3 Å². The lowest BCUT2D eigenvalue weighted by atomic mass is 9.95. The maximum Gasteiger partial charge on any atom is 0.225 e. The second-order valence-electron chi connectivity index (χ2n) is 8.59. The molecule has 2 N–H and O–H groups in total. The van der Waals surface area contributed by atoms with Crippen LogP contribution in [0.3, 0.4) is 0 Å². The predicted octanol–water partition coefficient (Wildman–Crippen LogP) is 6.52. The van der Waals surface area contributed by atoms with E-state index in [9.17, 15) is 13.6 Å². The van der Waals surface area contributed by atoms with Crippen molar-refractivity contribution >= 4 is 28.1 Å². The standard InChI is InChI=1S/C28H23F2N3OS/c1-17-9-18(11-22(30)10-17)12-26(28-23(3-2-7-31-28)19-6-8-35-16-19)33-27(34)13-20-15-32-25-5-4-21(29)14-24(20)25/h2-11,14-16,26,32H,12-13H2,1H3,(H,33,34)/t26-/m0/s1. The molecule has 1 amide bonds. The molecule has 0 bridgehead atoms. The van der Waals surface area contributed by atoms with Gasteiger partial charge in [0.15, 0.2) is 0 Å². The predicted molar refractivity (Wildman–Crippen MR) is 135 cm³/mol. The summed E-state index contributed by atoms with van der Waals surface area (Å²) >= 11 is 1.58. The SMILES string of the molecule is Cc1cc(F)cc(C[C@H](NC(=O)Cc2c[nH]c3ccc(F)cc23)c2ncccc2-c2ccsc2)c1. The summed E-state index contributed by atoms with van der Waals surface area (Å²) < 4.78 is 27.9. The fourth-order valence-electron chi connectivity index (χ4n) is 4.45. The first-order valence-corrected chi connectivity index (χ1v) is 12.2. The normalized spacial score (nSPS) is 12.1. The highest BCUT2D eigenvalue weighted by Crippen LogP contribution is 2.30. The summed E-state index contributed by atoms with van der Waals surface area (Å²) in [6, 6.07) is 14.7. The average Bonchev–Trinajstić information content (AvgIpc) is 3.49. The number of nitrogens with zero attached hydrogens (tertiary/aromatic N) is 1. The molecule has 7 heteroatoms. The first-order chi connectivity index (χ1) is 17.0. The van der Waals surface area contributed by atoms with Gasteiger partial charge >= 0.3 is 0 Å². The molecule has 176 valence electrons. The highest BCUT2D eigenvalue weighted by molar-refractivity contribution is 7.08. The van der Waals surface area contributed by atoms with Gasteiger partial charge in [0.2, 0.25) is 5.91 Å². The van der Waals surface area contributed by atoms with Gasteiger partial charge in [0, 0.05) is 28.9 Å². The molecule has 3 aromatic heterocycles. The zero-order valence-electron chi connectivity index (χ0n) is 19.0. The van der Waals surface area contributed by atoms with Crippen LogP contribution in [-0.2, 0) is 17.6 Å². The number of pyridine rings is 1. The maximum absolute atomic E-state index is 14.1. The molecule has 5 aromatic rings. The fourth-order valence-corrected chi connectivity index (χ4v) is 5.11. The quantitative estimate of drug-likeness (QED) is 0.275. The number of nitrogens with one attached hydrogen (secondary N) is 2. The van der Waals surface area contributed by atoms with Gasteiger partial charge in [-0.25, -0.2) is 8.78 Å². The van der Waals surface area contributed by atoms with Crippen molar-refractivity contribution in [3.05, 3.63) is 112 Å². The van der Waals surface area contributed by atoms with Crippen molar-refractivity contribution in [1.29, 1.82) is 0 Å². The Bertz CT molecular complexity index is 1470. The third kappa shape index (κ3) is 5.15. The zero-order valence-corrected chi connectivity index (χ0v) is 19.8. The number of H-pyrrole nitrogens is 1. The number of aromatic amines is 1. The van der Waals surface area contributed by atoms with E-state index < -0.39 is 6.04 Å². The lowest BCUT2D eigenvalue weighted by Gasteiger charge is -2.21. The average molecular weight is 488 g/mol. The Morgan fingerprint density at radius 3 is 2.80 bits per heavy atom. The molecule has 0 fully saturated rings. The van der Waals surface area contributed by atoms with Gasteiger partial charge in [-0.1, -0.05) is 12.1 Å². The first kappa shape index (κ1) is 22.9. The first-order valence-electron chi connectivity index (χ1n) is 11.2. The van der Waals surface area contributed by atoms with Gasteiger partial charge in [0.25, 0.3) is 0 Å². The van der Waals surface area contributed by atoms with Gasteiger partial charge in [-0.05, 0) is 88.8 Å². The van der Waals surface area contributed by atoms with E-state index in [-0.39, 0.29) is 24.0 Å². The Morgan fingerprint density at radius 1 is 1.11 bits per heavy atom. The van der Waals surface area contributed by atoms with Crippen molar-refractivity contribution in [2.75, 3.05) is 0 Å². The van der Waals surface area contributed by atoms with E-state index in [0.717, 1.165) is 27.8 Å². The van der Waals surface area contributed by atoms with Crippen molar-refractivity contribution in [1.82, 2.24) is 15.3 Å². The Morgan fingerprint density at radius 2 is 2.00 bits per heavy atom. The van der Waals surface area contributed by atoms with Crippen LogP contribution in [0.25, 0.3) is 22.0 Å². The molecule has 0 unspecified atom stereocenters. The van der Waals surface area contributed by atoms with Gasteiger partial charge in [-0.3, -0.25) is 9.78 Å². The molecule has 0 saturated heterocycles. The topological polar surface area (TPSA) is 57.8 Å². The van der Waals surface area contributed by atoms with E-state index in [1.165, 1.54) is 24.3 Å². The second-order valence-corrected chi connectivity index (χ2v) is 9.37. The molecular formula is C28H23F2N3OS. The Hall–Kier alpha value is -3.84. The minimum Gasteiger partial charge on any atom is -0.361 e. The van der Waals surface area contributed by atoms with Crippen LogP contribution in [0.1, 0.15) is 28.4 Å². The Kier molecular flexibility index (Phi) is 6.42. The van der Waals surface area contributed by atoms with Gasteiger partial charge < -0.3 is 10.3 Å². The number of benzene rings is 2. The van der Waals surface area contributed by atoms with Gasteiger partial charge in [0.1, 0.15) is 11.6 Å². The molecule has 3 heterocycles. The maximum atomic E-state index is 14.1. The number of aromatic nitrogens is 2.